The van der Waals surface area contributed by atoms with Crippen LogP contribution in [0, 0.1) is 5.92 Å². The molecule has 0 amide bonds. The van der Waals surface area contributed by atoms with Crippen molar-refractivity contribution in [1.82, 2.24) is 15.5 Å². The van der Waals surface area contributed by atoms with Crippen LogP contribution in [-0.2, 0) is 12.8 Å². The van der Waals surface area contributed by atoms with Crippen LogP contribution >= 0.6 is 0 Å². The molecule has 16 heavy (non-hydrogen) atoms. The van der Waals surface area contributed by atoms with Gasteiger partial charge < -0.3 is 9.84 Å². The van der Waals surface area contributed by atoms with E-state index in [2.05, 4.69) is 43.2 Å². The van der Waals surface area contributed by atoms with Gasteiger partial charge in [0.2, 0.25) is 5.89 Å². The number of aryl methyl sites for hydroxylation is 1. The largest absolute Gasteiger partial charge is 0.339 e. The van der Waals surface area contributed by atoms with Crippen molar-refractivity contribution >= 4 is 0 Å². The summed E-state index contributed by atoms with van der Waals surface area (Å²) in [6, 6.07) is 0.503. The smallest absolute Gasteiger partial charge is 0.227 e. The maximum Gasteiger partial charge on any atom is 0.227 e. The molecule has 1 heterocycles. The normalized spacial score (nSPS) is 11.6. The van der Waals surface area contributed by atoms with Gasteiger partial charge in [0.15, 0.2) is 5.82 Å². The average Bonchev–Trinajstić information content (AvgIpc) is 2.62. The number of hydrogen-bond acceptors (Lipinski definition) is 4. The summed E-state index contributed by atoms with van der Waals surface area (Å²) in [6.45, 7) is 9.55. The van der Waals surface area contributed by atoms with Crippen molar-refractivity contribution in [2.24, 2.45) is 5.92 Å². The van der Waals surface area contributed by atoms with Gasteiger partial charge in [-0.1, -0.05) is 32.9 Å². The van der Waals surface area contributed by atoms with Crippen LogP contribution < -0.4 is 5.32 Å². The van der Waals surface area contributed by atoms with Crippen LogP contribution in [0.3, 0.4) is 0 Å². The Labute approximate surface area is 97.8 Å². The fourth-order valence-electron chi connectivity index (χ4n) is 1.38. The lowest BCUT2D eigenvalue weighted by Crippen LogP contribution is -2.25. The Bertz CT molecular complexity index is 294. The van der Waals surface area contributed by atoms with Gasteiger partial charge in [0.25, 0.3) is 0 Å². The lowest BCUT2D eigenvalue weighted by atomic mass is 10.1. The van der Waals surface area contributed by atoms with E-state index in [0.717, 1.165) is 37.5 Å². The molecule has 0 fully saturated rings. The van der Waals surface area contributed by atoms with Crippen molar-refractivity contribution in [3.63, 3.8) is 0 Å². The lowest BCUT2D eigenvalue weighted by molar-refractivity contribution is 0.367. The van der Waals surface area contributed by atoms with Gasteiger partial charge >= 0.3 is 0 Å². The Hall–Kier alpha value is -0.900. The van der Waals surface area contributed by atoms with Crippen molar-refractivity contribution in [3.05, 3.63) is 11.7 Å². The van der Waals surface area contributed by atoms with E-state index < -0.39 is 0 Å². The maximum absolute atomic E-state index is 5.18. The van der Waals surface area contributed by atoms with Crippen LogP contribution in [0.1, 0.15) is 45.8 Å². The molecule has 0 spiro atoms. The van der Waals surface area contributed by atoms with Crippen molar-refractivity contribution < 1.29 is 4.52 Å². The molecule has 0 saturated carbocycles. The van der Waals surface area contributed by atoms with Crippen LogP contribution in [0.4, 0.5) is 0 Å². The van der Waals surface area contributed by atoms with E-state index in [9.17, 15) is 0 Å². The van der Waals surface area contributed by atoms with E-state index in [-0.39, 0.29) is 0 Å². The second-order valence-electron chi connectivity index (χ2n) is 4.90. The Kier molecular flexibility index (Phi) is 5.46. The van der Waals surface area contributed by atoms with Crippen molar-refractivity contribution in [2.45, 2.75) is 53.0 Å². The first-order chi connectivity index (χ1) is 7.58. The first-order valence-corrected chi connectivity index (χ1v) is 6.12. The standard InChI is InChI=1S/C12H23N3O/c1-9(2)5-6-11-14-12(16-15-11)7-8-13-10(3)4/h9-10,13H,5-8H2,1-4H3. The van der Waals surface area contributed by atoms with Crippen molar-refractivity contribution in [3.8, 4) is 0 Å². The van der Waals surface area contributed by atoms with Crippen molar-refractivity contribution in [2.75, 3.05) is 6.54 Å². The summed E-state index contributed by atoms with van der Waals surface area (Å²) in [7, 11) is 0. The van der Waals surface area contributed by atoms with Crippen LogP contribution in [0.15, 0.2) is 4.52 Å². The molecule has 0 radical (unpaired) electrons. The molecular weight excluding hydrogens is 202 g/mol. The van der Waals surface area contributed by atoms with E-state index in [1.165, 1.54) is 0 Å². The van der Waals surface area contributed by atoms with E-state index in [1.807, 2.05) is 0 Å². The SMILES string of the molecule is CC(C)CCc1noc(CCNC(C)C)n1. The second-order valence-corrected chi connectivity index (χ2v) is 4.90. The molecule has 1 aromatic heterocycles. The van der Waals surface area contributed by atoms with Gasteiger partial charge in [-0.3, -0.25) is 0 Å². The zero-order valence-electron chi connectivity index (χ0n) is 10.8. The fraction of sp³-hybridized carbons (Fsp3) is 0.833. The monoisotopic (exact) mass is 225 g/mol. The number of hydrogen-bond donors (Lipinski definition) is 1. The summed E-state index contributed by atoms with van der Waals surface area (Å²) in [4.78, 5) is 4.36. The van der Waals surface area contributed by atoms with Crippen LogP contribution in [0.25, 0.3) is 0 Å². The number of nitrogens with zero attached hydrogens (tertiary/aromatic N) is 2. The van der Waals surface area contributed by atoms with Gasteiger partial charge in [0.05, 0.1) is 0 Å². The molecule has 0 bridgehead atoms. The molecular formula is C12H23N3O. The summed E-state index contributed by atoms with van der Waals surface area (Å²) in [6.07, 6.45) is 2.84. The Morgan fingerprint density at radius 1 is 1.19 bits per heavy atom. The Balaban J connectivity index is 2.28. The summed E-state index contributed by atoms with van der Waals surface area (Å²) >= 11 is 0. The van der Waals surface area contributed by atoms with E-state index in [1.54, 1.807) is 0 Å². The number of nitrogens with one attached hydrogen (secondary N) is 1. The maximum atomic E-state index is 5.18. The Morgan fingerprint density at radius 2 is 1.94 bits per heavy atom. The zero-order chi connectivity index (χ0) is 12.0. The van der Waals surface area contributed by atoms with E-state index in [4.69, 9.17) is 4.52 Å². The molecule has 0 aliphatic carbocycles. The van der Waals surface area contributed by atoms with Crippen LogP contribution in [0.2, 0.25) is 0 Å². The fourth-order valence-corrected chi connectivity index (χ4v) is 1.38. The molecule has 4 heteroatoms. The summed E-state index contributed by atoms with van der Waals surface area (Å²) in [5, 5.41) is 7.30. The van der Waals surface area contributed by atoms with E-state index in [0.29, 0.717) is 12.0 Å². The quantitative estimate of drug-likeness (QED) is 0.773. The highest BCUT2D eigenvalue weighted by Gasteiger charge is 2.06. The highest BCUT2D eigenvalue weighted by atomic mass is 16.5. The minimum absolute atomic E-state index is 0.503. The molecule has 4 nitrogen and oxygen atoms in total. The molecule has 92 valence electrons. The van der Waals surface area contributed by atoms with Gasteiger partial charge in [0, 0.05) is 25.4 Å². The van der Waals surface area contributed by atoms with Gasteiger partial charge in [-0.2, -0.15) is 4.98 Å². The molecule has 0 aromatic carbocycles. The lowest BCUT2D eigenvalue weighted by Gasteiger charge is -2.04. The highest BCUT2D eigenvalue weighted by molar-refractivity contribution is 4.87. The number of aromatic nitrogens is 2. The molecule has 1 rings (SSSR count). The Morgan fingerprint density at radius 3 is 2.56 bits per heavy atom. The highest BCUT2D eigenvalue weighted by Crippen LogP contribution is 2.06. The molecule has 0 aliphatic rings. The summed E-state index contributed by atoms with van der Waals surface area (Å²) in [5.74, 6) is 2.27. The van der Waals surface area contributed by atoms with Gasteiger partial charge in [-0.05, 0) is 12.3 Å². The molecule has 1 aromatic rings. The van der Waals surface area contributed by atoms with E-state index >= 15 is 0 Å². The summed E-state index contributed by atoms with van der Waals surface area (Å²) < 4.78 is 5.18. The predicted molar refractivity (Wildman–Crippen MR) is 64.3 cm³/mol. The third kappa shape index (κ3) is 5.26. The third-order valence-corrected chi connectivity index (χ3v) is 2.35. The van der Waals surface area contributed by atoms with Gasteiger partial charge in [-0.15, -0.1) is 0 Å². The second kappa shape index (κ2) is 6.63. The molecule has 0 saturated heterocycles. The van der Waals surface area contributed by atoms with Crippen LogP contribution in [-0.4, -0.2) is 22.7 Å². The number of rotatable bonds is 7. The summed E-state index contributed by atoms with van der Waals surface area (Å²) in [5.41, 5.74) is 0. The molecule has 0 unspecified atom stereocenters. The molecule has 0 aliphatic heterocycles. The van der Waals surface area contributed by atoms with Gasteiger partial charge in [-0.25, -0.2) is 0 Å². The minimum Gasteiger partial charge on any atom is -0.339 e. The average molecular weight is 225 g/mol. The zero-order valence-corrected chi connectivity index (χ0v) is 10.8. The molecule has 1 N–H and O–H groups in total. The first kappa shape index (κ1) is 13.2. The van der Waals surface area contributed by atoms with Crippen molar-refractivity contribution in [1.29, 1.82) is 0 Å². The van der Waals surface area contributed by atoms with Gasteiger partial charge in [0.1, 0.15) is 0 Å². The first-order valence-electron chi connectivity index (χ1n) is 6.12. The van der Waals surface area contributed by atoms with Crippen LogP contribution in [0.5, 0.6) is 0 Å². The third-order valence-electron chi connectivity index (χ3n) is 2.35. The predicted octanol–water partition coefficient (Wildman–Crippen LogP) is 2.20. The minimum atomic E-state index is 0.503. The molecule has 0 atom stereocenters. The topological polar surface area (TPSA) is 51.0 Å².